The van der Waals surface area contributed by atoms with Crippen molar-refractivity contribution in [1.29, 1.82) is 5.26 Å². The summed E-state index contributed by atoms with van der Waals surface area (Å²) in [6.07, 6.45) is 3.48. The van der Waals surface area contributed by atoms with Gasteiger partial charge < -0.3 is 14.6 Å². The lowest BCUT2D eigenvalue weighted by atomic mass is 10.1. The topological polar surface area (TPSA) is 67.0 Å². The molecular weight excluding hydrogens is 362 g/mol. The van der Waals surface area contributed by atoms with Gasteiger partial charge in [0.1, 0.15) is 17.4 Å². The number of rotatable bonds is 7. The zero-order valence-electron chi connectivity index (χ0n) is 16.6. The predicted octanol–water partition coefficient (Wildman–Crippen LogP) is 5.08. The number of nitrogens with zero attached hydrogens (tertiary/aromatic N) is 2. The number of benzene rings is 2. The van der Waals surface area contributed by atoms with Crippen LogP contribution >= 0.6 is 0 Å². The van der Waals surface area contributed by atoms with Crippen LogP contribution in [0.1, 0.15) is 18.2 Å². The van der Waals surface area contributed by atoms with Crippen molar-refractivity contribution < 1.29 is 9.53 Å². The van der Waals surface area contributed by atoms with Crippen molar-refractivity contribution in [2.24, 2.45) is 0 Å². The lowest BCUT2D eigenvalue weighted by Crippen LogP contribution is -2.13. The van der Waals surface area contributed by atoms with Crippen molar-refractivity contribution in [3.05, 3.63) is 78.0 Å². The highest BCUT2D eigenvalue weighted by Crippen LogP contribution is 2.28. The van der Waals surface area contributed by atoms with Crippen LogP contribution < -0.4 is 10.1 Å². The first-order chi connectivity index (χ1) is 14.1. The molecule has 0 aliphatic carbocycles. The number of nitriles is 1. The van der Waals surface area contributed by atoms with Crippen LogP contribution in [-0.4, -0.2) is 17.1 Å². The summed E-state index contributed by atoms with van der Waals surface area (Å²) in [5.74, 6) is 0.281. The first kappa shape index (κ1) is 20.0. The number of anilines is 1. The summed E-state index contributed by atoms with van der Waals surface area (Å²) in [4.78, 5) is 12.7. The van der Waals surface area contributed by atoms with Gasteiger partial charge in [-0.1, -0.05) is 24.3 Å². The van der Waals surface area contributed by atoms with Crippen LogP contribution in [0.15, 0.2) is 66.8 Å². The Labute approximate surface area is 170 Å². The molecular formula is C24H23N3O2. The number of hydrogen-bond acceptors (Lipinski definition) is 3. The Morgan fingerprint density at radius 3 is 2.62 bits per heavy atom. The molecule has 0 saturated heterocycles. The van der Waals surface area contributed by atoms with Gasteiger partial charge in [-0.3, -0.25) is 4.79 Å². The molecule has 1 N–H and O–H groups in total. The maximum atomic E-state index is 12.7. The molecule has 2 aromatic carbocycles. The summed E-state index contributed by atoms with van der Waals surface area (Å²) in [5, 5.41) is 13.4. The molecule has 146 valence electrons. The average Bonchev–Trinajstić information content (AvgIpc) is 2.99. The van der Waals surface area contributed by atoms with E-state index < -0.39 is 5.91 Å². The monoisotopic (exact) mass is 385 g/mol. The van der Waals surface area contributed by atoms with E-state index in [2.05, 4.69) is 16.5 Å². The summed E-state index contributed by atoms with van der Waals surface area (Å²) < 4.78 is 7.52. The third-order valence-electron chi connectivity index (χ3n) is 4.67. The molecule has 0 unspecified atom stereocenters. The van der Waals surface area contributed by atoms with Gasteiger partial charge >= 0.3 is 0 Å². The van der Waals surface area contributed by atoms with Gasteiger partial charge in [-0.2, -0.15) is 5.26 Å². The number of aromatic nitrogens is 1. The fraction of sp³-hybridized carbons (Fsp3) is 0.167. The second-order valence-electron chi connectivity index (χ2n) is 6.50. The standard InChI is InChI=1S/C24H23N3O2/c1-4-14-27-17(3)22(21-8-6-7-9-23(21)27)15-18(16-25)24(28)26-19-10-12-20(13-11-19)29-5-2/h4,6-13,15H,1,5,14H2,2-3H3,(H,26,28)/b18-15-. The van der Waals surface area contributed by atoms with E-state index in [1.807, 2.05) is 50.3 Å². The first-order valence-corrected chi connectivity index (χ1v) is 9.43. The van der Waals surface area contributed by atoms with Crippen LogP contribution in [0.3, 0.4) is 0 Å². The van der Waals surface area contributed by atoms with Crippen molar-refractivity contribution in [2.45, 2.75) is 20.4 Å². The third kappa shape index (κ3) is 4.22. The zero-order chi connectivity index (χ0) is 20.8. The van der Waals surface area contributed by atoms with Gasteiger partial charge in [0, 0.05) is 34.4 Å². The van der Waals surface area contributed by atoms with E-state index in [1.54, 1.807) is 30.3 Å². The molecule has 3 rings (SSSR count). The van der Waals surface area contributed by atoms with E-state index in [0.29, 0.717) is 18.8 Å². The van der Waals surface area contributed by atoms with Gasteiger partial charge in [-0.15, -0.1) is 6.58 Å². The van der Waals surface area contributed by atoms with Crippen LogP contribution in [0.2, 0.25) is 0 Å². The molecule has 1 aromatic heterocycles. The minimum Gasteiger partial charge on any atom is -0.494 e. The molecule has 0 spiro atoms. The average molecular weight is 385 g/mol. The van der Waals surface area contributed by atoms with E-state index in [-0.39, 0.29) is 5.57 Å². The maximum Gasteiger partial charge on any atom is 0.266 e. The van der Waals surface area contributed by atoms with Gasteiger partial charge in [0.05, 0.1) is 6.61 Å². The highest BCUT2D eigenvalue weighted by Gasteiger charge is 2.15. The molecule has 0 aliphatic heterocycles. The van der Waals surface area contributed by atoms with Gasteiger partial charge in [-0.05, 0) is 50.3 Å². The van der Waals surface area contributed by atoms with Crippen LogP contribution in [0, 0.1) is 18.3 Å². The first-order valence-electron chi connectivity index (χ1n) is 9.43. The highest BCUT2D eigenvalue weighted by atomic mass is 16.5. The normalized spacial score (nSPS) is 11.1. The Kier molecular flexibility index (Phi) is 6.16. The largest absolute Gasteiger partial charge is 0.494 e. The van der Waals surface area contributed by atoms with Gasteiger partial charge in [-0.25, -0.2) is 0 Å². The second-order valence-corrected chi connectivity index (χ2v) is 6.50. The van der Waals surface area contributed by atoms with Crippen LogP contribution in [0.25, 0.3) is 17.0 Å². The van der Waals surface area contributed by atoms with Crippen molar-refractivity contribution in [3.8, 4) is 11.8 Å². The molecule has 29 heavy (non-hydrogen) atoms. The molecule has 0 bridgehead atoms. The molecule has 3 aromatic rings. The van der Waals surface area contributed by atoms with Crippen LogP contribution in [-0.2, 0) is 11.3 Å². The summed E-state index contributed by atoms with van der Waals surface area (Å²) in [5.41, 5.74) is 3.53. The van der Waals surface area contributed by atoms with Gasteiger partial charge in [0.2, 0.25) is 0 Å². The molecule has 0 radical (unpaired) electrons. The van der Waals surface area contributed by atoms with E-state index in [0.717, 1.165) is 27.9 Å². The number of amides is 1. The Balaban J connectivity index is 1.93. The highest BCUT2D eigenvalue weighted by molar-refractivity contribution is 6.11. The minimum atomic E-state index is -0.448. The fourth-order valence-corrected chi connectivity index (χ4v) is 3.30. The zero-order valence-corrected chi connectivity index (χ0v) is 16.6. The molecule has 5 heteroatoms. The number of ether oxygens (including phenoxy) is 1. The quantitative estimate of drug-likeness (QED) is 0.350. The van der Waals surface area contributed by atoms with E-state index in [9.17, 15) is 10.1 Å². The van der Waals surface area contributed by atoms with Crippen LogP contribution in [0.4, 0.5) is 5.69 Å². The fourth-order valence-electron chi connectivity index (χ4n) is 3.30. The lowest BCUT2D eigenvalue weighted by molar-refractivity contribution is -0.112. The molecule has 1 amide bonds. The van der Waals surface area contributed by atoms with E-state index >= 15 is 0 Å². The van der Waals surface area contributed by atoms with Crippen molar-refractivity contribution in [1.82, 2.24) is 4.57 Å². The lowest BCUT2D eigenvalue weighted by Gasteiger charge is -2.07. The summed E-state index contributed by atoms with van der Waals surface area (Å²) in [6.45, 7) is 8.94. The van der Waals surface area contributed by atoms with Gasteiger partial charge in [0.25, 0.3) is 5.91 Å². The van der Waals surface area contributed by atoms with Gasteiger partial charge in [0.15, 0.2) is 0 Å². The van der Waals surface area contributed by atoms with Crippen molar-refractivity contribution in [2.75, 3.05) is 11.9 Å². The smallest absolute Gasteiger partial charge is 0.266 e. The second kappa shape index (κ2) is 8.94. The maximum absolute atomic E-state index is 12.7. The number of carbonyl (C=O) groups excluding carboxylic acids is 1. The number of nitrogens with one attached hydrogen (secondary N) is 1. The number of para-hydroxylation sites is 1. The summed E-state index contributed by atoms with van der Waals surface area (Å²) in [6, 6.07) is 17.0. The number of fused-ring (bicyclic) bond motifs is 1. The molecule has 5 nitrogen and oxygen atoms in total. The minimum absolute atomic E-state index is 0.0449. The van der Waals surface area contributed by atoms with Crippen molar-refractivity contribution in [3.63, 3.8) is 0 Å². The third-order valence-corrected chi connectivity index (χ3v) is 4.67. The SMILES string of the molecule is C=CCn1c(C)c(/C=C(/C#N)C(=O)Nc2ccc(OCC)cc2)c2ccccc21. The summed E-state index contributed by atoms with van der Waals surface area (Å²) in [7, 11) is 0. The number of allylic oxidation sites excluding steroid dienone is 1. The number of carbonyl (C=O) groups is 1. The molecule has 0 atom stereocenters. The Hall–Kier alpha value is -3.78. The Morgan fingerprint density at radius 1 is 1.24 bits per heavy atom. The predicted molar refractivity (Wildman–Crippen MR) is 117 cm³/mol. The Bertz CT molecular complexity index is 1120. The molecule has 0 saturated carbocycles. The van der Waals surface area contributed by atoms with Crippen molar-refractivity contribution >= 4 is 28.6 Å². The molecule has 1 heterocycles. The van der Waals surface area contributed by atoms with Crippen LogP contribution in [0.5, 0.6) is 5.75 Å². The summed E-state index contributed by atoms with van der Waals surface area (Å²) >= 11 is 0. The number of hydrogen-bond donors (Lipinski definition) is 1. The van der Waals surface area contributed by atoms with E-state index in [4.69, 9.17) is 4.74 Å². The molecule has 0 fully saturated rings. The Morgan fingerprint density at radius 2 is 1.97 bits per heavy atom. The van der Waals surface area contributed by atoms with E-state index in [1.165, 1.54) is 0 Å². The molecule has 0 aliphatic rings.